The van der Waals surface area contributed by atoms with Crippen LogP contribution < -0.4 is 5.32 Å². The van der Waals surface area contributed by atoms with Gasteiger partial charge in [-0.15, -0.1) is 0 Å². The largest absolute Gasteiger partial charge is 0.353 e. The van der Waals surface area contributed by atoms with Gasteiger partial charge >= 0.3 is 0 Å². The summed E-state index contributed by atoms with van der Waals surface area (Å²) in [5.41, 5.74) is 1.03. The Hall–Kier alpha value is -0.800. The van der Waals surface area contributed by atoms with Crippen LogP contribution in [0.2, 0.25) is 5.02 Å². The molecule has 0 aliphatic heterocycles. The first-order valence-corrected chi connectivity index (χ1v) is 5.62. The molecule has 4 heteroatoms. The minimum atomic E-state index is -0.0326. The van der Waals surface area contributed by atoms with Gasteiger partial charge in [0.2, 0.25) is 5.91 Å². The maximum Gasteiger partial charge on any atom is 0.217 e. The number of hydrogen-bond acceptors (Lipinski definition) is 1. The van der Waals surface area contributed by atoms with Crippen LogP contribution in [0, 0.1) is 0 Å². The topological polar surface area (TPSA) is 29.1 Å². The van der Waals surface area contributed by atoms with Crippen molar-refractivity contribution in [3.63, 3.8) is 0 Å². The number of rotatable bonds is 3. The van der Waals surface area contributed by atoms with Crippen LogP contribution in [-0.2, 0) is 4.79 Å². The molecular formula is C11H11BrClNO. The van der Waals surface area contributed by atoms with E-state index in [2.05, 4.69) is 21.2 Å². The van der Waals surface area contributed by atoms with Crippen molar-refractivity contribution in [1.82, 2.24) is 5.32 Å². The van der Waals surface area contributed by atoms with Crippen molar-refractivity contribution in [2.45, 2.75) is 6.92 Å². The number of hydrogen-bond donors (Lipinski definition) is 1. The first-order chi connectivity index (χ1) is 7.09. The summed E-state index contributed by atoms with van der Waals surface area (Å²) >= 11 is 9.21. The highest BCUT2D eigenvalue weighted by Crippen LogP contribution is 2.22. The summed E-state index contributed by atoms with van der Waals surface area (Å²) in [6, 6.07) is 5.57. The van der Waals surface area contributed by atoms with E-state index in [1.54, 1.807) is 0 Å². The third kappa shape index (κ3) is 4.49. The molecule has 1 amide bonds. The molecule has 0 aromatic heterocycles. The molecule has 0 aliphatic rings. The Morgan fingerprint density at radius 1 is 1.60 bits per heavy atom. The van der Waals surface area contributed by atoms with Crippen molar-refractivity contribution in [2.24, 2.45) is 0 Å². The second kappa shape index (κ2) is 5.93. The molecule has 0 atom stereocenters. The predicted molar refractivity (Wildman–Crippen MR) is 66.9 cm³/mol. The van der Waals surface area contributed by atoms with Gasteiger partial charge in [0.25, 0.3) is 0 Å². The van der Waals surface area contributed by atoms with Crippen molar-refractivity contribution in [1.29, 1.82) is 0 Å². The molecule has 0 fully saturated rings. The van der Waals surface area contributed by atoms with Gasteiger partial charge in [-0.1, -0.05) is 45.7 Å². The molecule has 1 aromatic carbocycles. The summed E-state index contributed by atoms with van der Waals surface area (Å²) < 4.78 is 0.939. The molecule has 0 spiro atoms. The van der Waals surface area contributed by atoms with Crippen molar-refractivity contribution in [3.05, 3.63) is 39.3 Å². The van der Waals surface area contributed by atoms with Crippen LogP contribution in [0.3, 0.4) is 0 Å². The van der Waals surface area contributed by atoms with Gasteiger partial charge in [0.1, 0.15) is 0 Å². The van der Waals surface area contributed by atoms with Crippen LogP contribution in [0.5, 0.6) is 0 Å². The second-order valence-corrected chi connectivity index (χ2v) is 4.30. The SMILES string of the molecule is CC(=O)NCC=Cc1ccc(Cl)cc1Br. The number of halogens is 2. The molecule has 1 rings (SSSR count). The molecule has 1 aromatic rings. The third-order valence-corrected chi connectivity index (χ3v) is 2.65. The van der Waals surface area contributed by atoms with E-state index in [9.17, 15) is 4.79 Å². The lowest BCUT2D eigenvalue weighted by Gasteiger charge is -1.99. The summed E-state index contributed by atoms with van der Waals surface area (Å²) in [4.78, 5) is 10.6. The first kappa shape index (κ1) is 12.3. The Bertz CT molecular complexity index is 390. The molecule has 0 unspecified atom stereocenters. The highest BCUT2D eigenvalue weighted by atomic mass is 79.9. The van der Waals surface area contributed by atoms with Crippen molar-refractivity contribution in [2.75, 3.05) is 6.54 Å². The molecule has 80 valence electrons. The number of nitrogens with one attached hydrogen (secondary N) is 1. The Morgan fingerprint density at radius 2 is 2.33 bits per heavy atom. The van der Waals surface area contributed by atoms with Gasteiger partial charge in [0, 0.05) is 23.0 Å². The van der Waals surface area contributed by atoms with E-state index in [4.69, 9.17) is 11.6 Å². The van der Waals surface area contributed by atoms with E-state index in [0.717, 1.165) is 10.0 Å². The van der Waals surface area contributed by atoms with E-state index in [1.165, 1.54) is 6.92 Å². The van der Waals surface area contributed by atoms with Crippen LogP contribution in [0.4, 0.5) is 0 Å². The molecule has 0 radical (unpaired) electrons. The average molecular weight is 289 g/mol. The van der Waals surface area contributed by atoms with Crippen LogP contribution in [-0.4, -0.2) is 12.5 Å². The standard InChI is InChI=1S/C11H11BrClNO/c1-8(15)14-6-2-3-9-4-5-10(13)7-11(9)12/h2-5,7H,6H2,1H3,(H,14,15). The lowest BCUT2D eigenvalue weighted by atomic mass is 10.2. The summed E-state index contributed by atoms with van der Waals surface area (Å²) in [5, 5.41) is 3.37. The van der Waals surface area contributed by atoms with Crippen molar-refractivity contribution < 1.29 is 4.79 Å². The summed E-state index contributed by atoms with van der Waals surface area (Å²) in [6.45, 7) is 2.02. The Morgan fingerprint density at radius 3 is 2.93 bits per heavy atom. The molecule has 0 bridgehead atoms. The smallest absolute Gasteiger partial charge is 0.217 e. The fraction of sp³-hybridized carbons (Fsp3) is 0.182. The zero-order chi connectivity index (χ0) is 11.3. The van der Waals surface area contributed by atoms with E-state index in [-0.39, 0.29) is 5.91 Å². The van der Waals surface area contributed by atoms with Gasteiger partial charge < -0.3 is 5.32 Å². The van der Waals surface area contributed by atoms with Gasteiger partial charge in [0.15, 0.2) is 0 Å². The Labute approximate surface area is 102 Å². The predicted octanol–water partition coefficient (Wildman–Crippen LogP) is 3.25. The lowest BCUT2D eigenvalue weighted by Crippen LogP contribution is -2.19. The van der Waals surface area contributed by atoms with Crippen LogP contribution in [0.15, 0.2) is 28.7 Å². The molecule has 0 saturated heterocycles. The lowest BCUT2D eigenvalue weighted by molar-refractivity contribution is -0.118. The van der Waals surface area contributed by atoms with Gasteiger partial charge in [-0.25, -0.2) is 0 Å². The fourth-order valence-corrected chi connectivity index (χ4v) is 1.84. The number of amides is 1. The molecule has 15 heavy (non-hydrogen) atoms. The number of carbonyl (C=O) groups is 1. The monoisotopic (exact) mass is 287 g/mol. The molecule has 0 saturated carbocycles. The number of benzene rings is 1. The van der Waals surface area contributed by atoms with E-state index < -0.39 is 0 Å². The van der Waals surface area contributed by atoms with Gasteiger partial charge in [-0.3, -0.25) is 4.79 Å². The van der Waals surface area contributed by atoms with Crippen LogP contribution >= 0.6 is 27.5 Å². The average Bonchev–Trinajstić information content (AvgIpc) is 2.14. The highest BCUT2D eigenvalue weighted by molar-refractivity contribution is 9.10. The molecule has 2 nitrogen and oxygen atoms in total. The molecule has 1 N–H and O–H groups in total. The van der Waals surface area contributed by atoms with E-state index in [0.29, 0.717) is 11.6 Å². The maximum absolute atomic E-state index is 10.6. The zero-order valence-corrected chi connectivity index (χ0v) is 10.6. The van der Waals surface area contributed by atoms with Crippen LogP contribution in [0.25, 0.3) is 6.08 Å². The normalized spacial score (nSPS) is 10.6. The molecule has 0 aliphatic carbocycles. The zero-order valence-electron chi connectivity index (χ0n) is 8.26. The summed E-state index contributed by atoms with van der Waals surface area (Å²) in [7, 11) is 0. The Kier molecular flexibility index (Phi) is 4.85. The summed E-state index contributed by atoms with van der Waals surface area (Å²) in [5.74, 6) is -0.0326. The maximum atomic E-state index is 10.6. The second-order valence-electron chi connectivity index (χ2n) is 3.01. The van der Waals surface area contributed by atoms with E-state index in [1.807, 2.05) is 30.4 Å². The molecular weight excluding hydrogens is 277 g/mol. The third-order valence-electron chi connectivity index (χ3n) is 1.73. The summed E-state index contributed by atoms with van der Waals surface area (Å²) in [6.07, 6.45) is 3.81. The molecule has 0 heterocycles. The van der Waals surface area contributed by atoms with Crippen molar-refractivity contribution in [3.8, 4) is 0 Å². The fourth-order valence-electron chi connectivity index (χ4n) is 1.03. The van der Waals surface area contributed by atoms with Gasteiger partial charge in [0.05, 0.1) is 0 Å². The first-order valence-electron chi connectivity index (χ1n) is 4.45. The minimum absolute atomic E-state index is 0.0326. The quantitative estimate of drug-likeness (QED) is 0.909. The van der Waals surface area contributed by atoms with Crippen molar-refractivity contribution >= 4 is 39.5 Å². The van der Waals surface area contributed by atoms with Crippen LogP contribution in [0.1, 0.15) is 12.5 Å². The van der Waals surface area contributed by atoms with Gasteiger partial charge in [-0.2, -0.15) is 0 Å². The Balaban J connectivity index is 2.60. The van der Waals surface area contributed by atoms with E-state index >= 15 is 0 Å². The minimum Gasteiger partial charge on any atom is -0.353 e. The van der Waals surface area contributed by atoms with Gasteiger partial charge in [-0.05, 0) is 17.7 Å². The highest BCUT2D eigenvalue weighted by Gasteiger charge is 1.96. The number of carbonyl (C=O) groups excluding carboxylic acids is 1.